The molecule has 1 aromatic rings. The zero-order valence-electron chi connectivity index (χ0n) is 10.5. The molecule has 0 aliphatic heterocycles. The van der Waals surface area contributed by atoms with Crippen LogP contribution in [0, 0.1) is 5.82 Å². The first kappa shape index (κ1) is 14.7. The highest BCUT2D eigenvalue weighted by molar-refractivity contribution is 7.88. The lowest BCUT2D eigenvalue weighted by Crippen LogP contribution is -2.52. The Morgan fingerprint density at radius 3 is 2.45 bits per heavy atom. The van der Waals surface area contributed by atoms with Crippen LogP contribution in [0.15, 0.2) is 36.4 Å². The number of halogens is 1. The molecule has 2 rings (SSSR count). The van der Waals surface area contributed by atoms with Crippen molar-refractivity contribution >= 4 is 16.0 Å². The first-order chi connectivity index (χ1) is 9.35. The average Bonchev–Trinajstić information content (AvgIpc) is 2.81. The van der Waals surface area contributed by atoms with Gasteiger partial charge in [-0.2, -0.15) is 4.72 Å². The number of rotatable bonds is 5. The predicted octanol–water partition coefficient (Wildman–Crippen LogP) is 1.42. The number of sulfonamides is 1. The third kappa shape index (κ3) is 3.05. The lowest BCUT2D eigenvalue weighted by molar-refractivity contribution is -0.143. The van der Waals surface area contributed by atoms with Crippen LogP contribution < -0.4 is 4.72 Å². The monoisotopic (exact) mass is 299 g/mol. The second-order valence-electron chi connectivity index (χ2n) is 4.72. The Labute approximate surface area is 116 Å². The Hall–Kier alpha value is -1.73. The highest BCUT2D eigenvalue weighted by Gasteiger charge is 2.42. The molecule has 2 N–H and O–H groups in total. The maximum absolute atomic E-state index is 13.5. The van der Waals surface area contributed by atoms with Crippen molar-refractivity contribution in [3.63, 3.8) is 0 Å². The topological polar surface area (TPSA) is 83.5 Å². The van der Waals surface area contributed by atoms with E-state index in [1.54, 1.807) is 12.2 Å². The van der Waals surface area contributed by atoms with Crippen LogP contribution in [0.3, 0.4) is 0 Å². The standard InChI is InChI=1S/C13H14FNO4S/c14-11-6-2-1-5-10(11)9-20(18,19)15-13(12(16)17)7-3-4-8-13/h1-6,15H,7-9H2,(H,16,17). The summed E-state index contributed by atoms with van der Waals surface area (Å²) in [5, 5.41) is 9.21. The normalized spacial score (nSPS) is 17.2. The number of benzene rings is 1. The lowest BCUT2D eigenvalue weighted by Gasteiger charge is -2.25. The fourth-order valence-corrected chi connectivity index (χ4v) is 3.67. The van der Waals surface area contributed by atoms with Gasteiger partial charge in [-0.05, 0) is 18.9 Å². The number of hydrogen-bond acceptors (Lipinski definition) is 3. The number of aliphatic carboxylic acids is 1. The average molecular weight is 299 g/mol. The van der Waals surface area contributed by atoms with Gasteiger partial charge in [-0.25, -0.2) is 12.8 Å². The van der Waals surface area contributed by atoms with Crippen molar-refractivity contribution in [2.45, 2.75) is 24.1 Å². The molecular formula is C13H14FNO4S. The molecule has 108 valence electrons. The Kier molecular flexibility index (Phi) is 3.92. The van der Waals surface area contributed by atoms with Crippen LogP contribution in [-0.4, -0.2) is 25.0 Å². The molecule has 1 aromatic carbocycles. The smallest absolute Gasteiger partial charge is 0.325 e. The predicted molar refractivity (Wildman–Crippen MR) is 70.9 cm³/mol. The van der Waals surface area contributed by atoms with Crippen molar-refractivity contribution in [3.05, 3.63) is 47.8 Å². The molecule has 0 spiro atoms. The van der Waals surface area contributed by atoms with E-state index in [2.05, 4.69) is 4.72 Å². The molecule has 0 radical (unpaired) electrons. The Balaban J connectivity index is 2.19. The van der Waals surface area contributed by atoms with Crippen molar-refractivity contribution < 1.29 is 22.7 Å². The highest BCUT2D eigenvalue weighted by atomic mass is 32.2. The second kappa shape index (κ2) is 5.34. The minimum absolute atomic E-state index is 0.00601. The molecule has 0 saturated heterocycles. The molecule has 0 bridgehead atoms. The minimum Gasteiger partial charge on any atom is -0.480 e. The van der Waals surface area contributed by atoms with Gasteiger partial charge in [0.05, 0.1) is 5.75 Å². The number of nitrogens with one attached hydrogen (secondary N) is 1. The number of carbonyl (C=O) groups is 1. The molecule has 0 aromatic heterocycles. The van der Waals surface area contributed by atoms with E-state index in [1.165, 1.54) is 18.2 Å². The van der Waals surface area contributed by atoms with Crippen LogP contribution in [0.5, 0.6) is 0 Å². The molecule has 1 aliphatic rings. The summed E-state index contributed by atoms with van der Waals surface area (Å²) in [4.78, 5) is 11.3. The third-order valence-electron chi connectivity index (χ3n) is 3.16. The fraction of sp³-hybridized carbons (Fsp3) is 0.308. The zero-order valence-corrected chi connectivity index (χ0v) is 11.4. The van der Waals surface area contributed by atoms with E-state index in [0.29, 0.717) is 0 Å². The quantitative estimate of drug-likeness (QED) is 0.805. The van der Waals surface area contributed by atoms with E-state index in [0.717, 1.165) is 6.07 Å². The molecular weight excluding hydrogens is 285 g/mol. The minimum atomic E-state index is -3.95. The molecule has 5 nitrogen and oxygen atoms in total. The van der Waals surface area contributed by atoms with Gasteiger partial charge in [0.25, 0.3) is 0 Å². The summed E-state index contributed by atoms with van der Waals surface area (Å²) in [6.07, 6.45) is 3.39. The van der Waals surface area contributed by atoms with Crippen molar-refractivity contribution in [2.75, 3.05) is 0 Å². The van der Waals surface area contributed by atoms with Gasteiger partial charge in [-0.3, -0.25) is 4.79 Å². The molecule has 0 atom stereocenters. The highest BCUT2D eigenvalue weighted by Crippen LogP contribution is 2.25. The Morgan fingerprint density at radius 2 is 1.90 bits per heavy atom. The zero-order chi connectivity index (χ0) is 14.8. The van der Waals surface area contributed by atoms with Crippen molar-refractivity contribution in [3.8, 4) is 0 Å². The van der Waals surface area contributed by atoms with Gasteiger partial charge in [0.15, 0.2) is 0 Å². The van der Waals surface area contributed by atoms with E-state index in [4.69, 9.17) is 0 Å². The summed E-state index contributed by atoms with van der Waals surface area (Å²) in [6, 6.07) is 5.50. The van der Waals surface area contributed by atoms with Gasteiger partial charge >= 0.3 is 5.97 Å². The maximum Gasteiger partial charge on any atom is 0.325 e. The fourth-order valence-electron chi connectivity index (χ4n) is 2.11. The van der Waals surface area contributed by atoms with E-state index in [-0.39, 0.29) is 18.4 Å². The summed E-state index contributed by atoms with van der Waals surface area (Å²) >= 11 is 0. The van der Waals surface area contributed by atoms with E-state index in [9.17, 15) is 22.7 Å². The van der Waals surface area contributed by atoms with Crippen LogP contribution in [0.2, 0.25) is 0 Å². The largest absolute Gasteiger partial charge is 0.480 e. The SMILES string of the molecule is O=C(O)C1(NS(=O)(=O)Cc2ccccc2F)CC=CC1. The number of carboxylic acid groups (broad SMARTS) is 1. The molecule has 7 heteroatoms. The summed E-state index contributed by atoms with van der Waals surface area (Å²) < 4.78 is 39.8. The van der Waals surface area contributed by atoms with Crippen LogP contribution in [0.25, 0.3) is 0 Å². The number of hydrogen-bond donors (Lipinski definition) is 2. The first-order valence-electron chi connectivity index (χ1n) is 5.98. The lowest BCUT2D eigenvalue weighted by atomic mass is 9.99. The Morgan fingerprint density at radius 1 is 1.30 bits per heavy atom. The molecule has 0 fully saturated rings. The van der Waals surface area contributed by atoms with Crippen molar-refractivity contribution in [2.24, 2.45) is 0 Å². The molecule has 0 unspecified atom stereocenters. The van der Waals surface area contributed by atoms with Crippen molar-refractivity contribution in [1.82, 2.24) is 4.72 Å². The second-order valence-corrected chi connectivity index (χ2v) is 6.44. The van der Waals surface area contributed by atoms with E-state index >= 15 is 0 Å². The summed E-state index contributed by atoms with van der Waals surface area (Å²) in [5.74, 6) is -2.46. The van der Waals surface area contributed by atoms with Gasteiger partial charge in [0, 0.05) is 5.56 Å². The first-order valence-corrected chi connectivity index (χ1v) is 7.63. The van der Waals surface area contributed by atoms with Crippen LogP contribution in [0.4, 0.5) is 4.39 Å². The van der Waals surface area contributed by atoms with Gasteiger partial charge in [-0.1, -0.05) is 30.4 Å². The summed E-state index contributed by atoms with van der Waals surface area (Å²) in [6.45, 7) is 0. The van der Waals surface area contributed by atoms with Gasteiger partial charge in [0.2, 0.25) is 10.0 Å². The third-order valence-corrected chi connectivity index (χ3v) is 4.56. The molecule has 0 heterocycles. The summed E-state index contributed by atoms with van der Waals surface area (Å²) in [5.41, 5.74) is -1.55. The van der Waals surface area contributed by atoms with Crippen LogP contribution in [0.1, 0.15) is 18.4 Å². The van der Waals surface area contributed by atoms with Crippen LogP contribution in [-0.2, 0) is 20.6 Å². The Bertz CT molecular complexity index is 646. The molecule has 0 amide bonds. The van der Waals surface area contributed by atoms with Gasteiger partial charge in [0.1, 0.15) is 11.4 Å². The van der Waals surface area contributed by atoms with Gasteiger partial charge < -0.3 is 5.11 Å². The molecule has 0 saturated carbocycles. The van der Waals surface area contributed by atoms with Crippen LogP contribution >= 0.6 is 0 Å². The molecule has 20 heavy (non-hydrogen) atoms. The maximum atomic E-state index is 13.5. The summed E-state index contributed by atoms with van der Waals surface area (Å²) in [7, 11) is -3.95. The van der Waals surface area contributed by atoms with Crippen molar-refractivity contribution in [1.29, 1.82) is 0 Å². The van der Waals surface area contributed by atoms with E-state index < -0.39 is 33.1 Å². The van der Waals surface area contributed by atoms with Gasteiger partial charge in [-0.15, -0.1) is 0 Å². The molecule has 1 aliphatic carbocycles. The number of carboxylic acids is 1. The van der Waals surface area contributed by atoms with E-state index in [1.807, 2.05) is 0 Å².